The quantitative estimate of drug-likeness (QED) is 0.177. The number of ether oxygens (including phenoxy) is 1. The van der Waals surface area contributed by atoms with E-state index in [1.807, 2.05) is 26.0 Å². The van der Waals surface area contributed by atoms with Gasteiger partial charge in [0.1, 0.15) is 5.75 Å². The predicted molar refractivity (Wildman–Crippen MR) is 132 cm³/mol. The van der Waals surface area contributed by atoms with E-state index in [1.165, 1.54) is 70.6 Å². The fraction of sp³-hybridized carbons (Fsp3) is 0.750. The van der Waals surface area contributed by atoms with Crippen LogP contribution in [0.5, 0.6) is 5.75 Å². The molecule has 0 aliphatic heterocycles. The van der Waals surface area contributed by atoms with Gasteiger partial charge in [0.2, 0.25) is 0 Å². The number of hydrogen-bond acceptors (Lipinski definition) is 3. The molecule has 1 rings (SSSR count). The lowest BCUT2D eigenvalue weighted by atomic mass is 9.98. The van der Waals surface area contributed by atoms with Gasteiger partial charge in [0, 0.05) is 6.42 Å². The Balaban J connectivity index is 2.01. The highest BCUT2D eigenvalue weighted by Crippen LogP contribution is 2.26. The second kappa shape index (κ2) is 18.1. The molecule has 0 saturated carbocycles. The standard InChI is InChI=1S/C28H48O3/c1-4-7-8-9-10-11-12-13-14-15-16-17-18-21-31-27(29)20-19-24-22-25(5-2)28(30)26(6-3)23-24/h22-23,30H,4-21H2,1-3H3. The first kappa shape index (κ1) is 27.5. The molecular formula is C28H48O3. The number of carbonyl (C=O) groups excluding carboxylic acids is 1. The Bertz CT molecular complexity index is 569. The Hall–Kier alpha value is -1.51. The maximum Gasteiger partial charge on any atom is 0.306 e. The number of aromatic hydroxyl groups is 1. The largest absolute Gasteiger partial charge is 0.507 e. The summed E-state index contributed by atoms with van der Waals surface area (Å²) in [6.07, 6.45) is 19.9. The molecule has 0 fully saturated rings. The number of rotatable bonds is 19. The predicted octanol–water partition coefficient (Wildman–Crippen LogP) is 8.08. The molecule has 0 unspecified atom stereocenters. The molecule has 0 saturated heterocycles. The summed E-state index contributed by atoms with van der Waals surface area (Å²) in [5, 5.41) is 10.2. The lowest BCUT2D eigenvalue weighted by molar-refractivity contribution is -0.143. The van der Waals surface area contributed by atoms with Gasteiger partial charge in [-0.25, -0.2) is 0 Å². The summed E-state index contributed by atoms with van der Waals surface area (Å²) >= 11 is 0. The molecule has 0 aliphatic carbocycles. The van der Waals surface area contributed by atoms with E-state index in [0.29, 0.717) is 25.2 Å². The molecular weight excluding hydrogens is 384 g/mol. The van der Waals surface area contributed by atoms with Crippen molar-refractivity contribution in [1.82, 2.24) is 0 Å². The second-order valence-corrected chi connectivity index (χ2v) is 8.93. The van der Waals surface area contributed by atoms with Crippen LogP contribution in [-0.2, 0) is 28.8 Å². The summed E-state index contributed by atoms with van der Waals surface area (Å²) in [5.41, 5.74) is 3.05. The van der Waals surface area contributed by atoms with Crippen LogP contribution in [0.25, 0.3) is 0 Å². The number of hydrogen-bond donors (Lipinski definition) is 1. The van der Waals surface area contributed by atoms with Gasteiger partial charge in [0.15, 0.2) is 0 Å². The smallest absolute Gasteiger partial charge is 0.306 e. The number of phenolic OH excluding ortho intramolecular Hbond substituents is 1. The van der Waals surface area contributed by atoms with E-state index >= 15 is 0 Å². The van der Waals surface area contributed by atoms with Crippen molar-refractivity contribution in [2.24, 2.45) is 0 Å². The third kappa shape index (κ3) is 12.8. The van der Waals surface area contributed by atoms with Crippen molar-refractivity contribution in [3.63, 3.8) is 0 Å². The van der Waals surface area contributed by atoms with Crippen LogP contribution in [-0.4, -0.2) is 17.7 Å². The molecule has 0 heterocycles. The molecule has 0 amide bonds. The molecule has 3 nitrogen and oxygen atoms in total. The summed E-state index contributed by atoms with van der Waals surface area (Å²) in [5.74, 6) is 0.307. The van der Waals surface area contributed by atoms with Crippen molar-refractivity contribution < 1.29 is 14.6 Å². The molecule has 0 bridgehead atoms. The van der Waals surface area contributed by atoms with E-state index in [9.17, 15) is 9.90 Å². The van der Waals surface area contributed by atoms with Crippen LogP contribution in [0, 0.1) is 0 Å². The summed E-state index contributed by atoms with van der Waals surface area (Å²) < 4.78 is 5.41. The lowest BCUT2D eigenvalue weighted by Gasteiger charge is -2.11. The van der Waals surface area contributed by atoms with E-state index < -0.39 is 0 Å². The van der Waals surface area contributed by atoms with E-state index in [2.05, 4.69) is 6.92 Å². The average Bonchev–Trinajstić information content (AvgIpc) is 2.78. The van der Waals surface area contributed by atoms with E-state index in [-0.39, 0.29) is 5.97 Å². The van der Waals surface area contributed by atoms with Crippen molar-refractivity contribution in [2.75, 3.05) is 6.61 Å². The minimum atomic E-state index is -0.108. The normalized spacial score (nSPS) is 11.1. The number of esters is 1. The van der Waals surface area contributed by atoms with Gasteiger partial charge in [-0.3, -0.25) is 4.79 Å². The van der Waals surface area contributed by atoms with Gasteiger partial charge in [0.05, 0.1) is 6.61 Å². The second-order valence-electron chi connectivity index (χ2n) is 8.93. The van der Waals surface area contributed by atoms with E-state index in [4.69, 9.17) is 4.74 Å². The molecule has 0 aromatic heterocycles. The van der Waals surface area contributed by atoms with Gasteiger partial charge in [-0.1, -0.05) is 110 Å². The molecule has 0 radical (unpaired) electrons. The van der Waals surface area contributed by atoms with Crippen LogP contribution in [0.2, 0.25) is 0 Å². The third-order valence-corrected chi connectivity index (χ3v) is 6.22. The molecule has 0 aliphatic rings. The number of aryl methyl sites for hydroxylation is 3. The minimum absolute atomic E-state index is 0.108. The molecule has 1 aromatic carbocycles. The molecule has 31 heavy (non-hydrogen) atoms. The fourth-order valence-electron chi connectivity index (χ4n) is 4.14. The number of benzene rings is 1. The minimum Gasteiger partial charge on any atom is -0.507 e. The number of carbonyl (C=O) groups is 1. The SMILES string of the molecule is CCCCCCCCCCCCCCCOC(=O)CCc1cc(CC)c(O)c(CC)c1. The van der Waals surface area contributed by atoms with Gasteiger partial charge in [-0.2, -0.15) is 0 Å². The van der Waals surface area contributed by atoms with Crippen LogP contribution in [0.1, 0.15) is 127 Å². The first-order valence-corrected chi connectivity index (χ1v) is 13.1. The molecule has 1 aromatic rings. The Morgan fingerprint density at radius 2 is 1.19 bits per heavy atom. The zero-order valence-electron chi connectivity index (χ0n) is 20.6. The fourth-order valence-corrected chi connectivity index (χ4v) is 4.14. The monoisotopic (exact) mass is 432 g/mol. The maximum absolute atomic E-state index is 12.0. The highest BCUT2D eigenvalue weighted by atomic mass is 16.5. The molecule has 0 atom stereocenters. The first-order chi connectivity index (χ1) is 15.1. The van der Waals surface area contributed by atoms with Crippen molar-refractivity contribution in [2.45, 2.75) is 130 Å². The van der Waals surface area contributed by atoms with Gasteiger partial charge < -0.3 is 9.84 Å². The van der Waals surface area contributed by atoms with Crippen LogP contribution in [0.3, 0.4) is 0 Å². The molecule has 178 valence electrons. The Morgan fingerprint density at radius 3 is 1.65 bits per heavy atom. The van der Waals surface area contributed by atoms with Gasteiger partial charge in [-0.15, -0.1) is 0 Å². The van der Waals surface area contributed by atoms with Crippen molar-refractivity contribution in [3.8, 4) is 5.75 Å². The molecule has 0 spiro atoms. The van der Waals surface area contributed by atoms with Crippen LogP contribution < -0.4 is 0 Å². The van der Waals surface area contributed by atoms with Crippen LogP contribution in [0.4, 0.5) is 0 Å². The Kier molecular flexibility index (Phi) is 16.1. The van der Waals surface area contributed by atoms with E-state index in [1.54, 1.807) is 0 Å². The zero-order chi connectivity index (χ0) is 22.7. The first-order valence-electron chi connectivity index (χ1n) is 13.1. The highest BCUT2D eigenvalue weighted by Gasteiger charge is 2.10. The topological polar surface area (TPSA) is 46.5 Å². The van der Waals surface area contributed by atoms with Crippen molar-refractivity contribution in [1.29, 1.82) is 0 Å². The number of phenols is 1. The van der Waals surface area contributed by atoms with Crippen molar-refractivity contribution in [3.05, 3.63) is 28.8 Å². The Labute approximate surface area is 192 Å². The molecule has 1 N–H and O–H groups in total. The van der Waals surface area contributed by atoms with Gasteiger partial charge in [-0.05, 0) is 42.4 Å². The Morgan fingerprint density at radius 1 is 0.742 bits per heavy atom. The van der Waals surface area contributed by atoms with Gasteiger partial charge in [0.25, 0.3) is 0 Å². The maximum atomic E-state index is 12.0. The molecule has 3 heteroatoms. The highest BCUT2D eigenvalue weighted by molar-refractivity contribution is 5.69. The van der Waals surface area contributed by atoms with E-state index in [0.717, 1.165) is 42.4 Å². The zero-order valence-corrected chi connectivity index (χ0v) is 20.6. The summed E-state index contributed by atoms with van der Waals surface area (Å²) in [6.45, 7) is 6.91. The van der Waals surface area contributed by atoms with Crippen LogP contribution >= 0.6 is 0 Å². The summed E-state index contributed by atoms with van der Waals surface area (Å²) in [6, 6.07) is 4.04. The summed E-state index contributed by atoms with van der Waals surface area (Å²) in [7, 11) is 0. The third-order valence-electron chi connectivity index (χ3n) is 6.22. The van der Waals surface area contributed by atoms with Gasteiger partial charge >= 0.3 is 5.97 Å². The average molecular weight is 433 g/mol. The van der Waals surface area contributed by atoms with Crippen LogP contribution in [0.15, 0.2) is 12.1 Å². The summed E-state index contributed by atoms with van der Waals surface area (Å²) in [4.78, 5) is 12.0. The lowest BCUT2D eigenvalue weighted by Crippen LogP contribution is -2.07. The van der Waals surface area contributed by atoms with Crippen molar-refractivity contribution >= 4 is 5.97 Å². The number of unbranched alkanes of at least 4 members (excludes halogenated alkanes) is 12.